The van der Waals surface area contributed by atoms with Crippen LogP contribution in [-0.4, -0.2) is 45.9 Å². The first-order valence-electron chi connectivity index (χ1n) is 4.07. The highest BCUT2D eigenvalue weighted by molar-refractivity contribution is 6.10. The largest absolute Gasteiger partial charge is 0.396 e. The van der Waals surface area contributed by atoms with Gasteiger partial charge in [0.1, 0.15) is 7.85 Å². The van der Waals surface area contributed by atoms with Crippen molar-refractivity contribution in [3.8, 4) is 0 Å². The average molecular weight is 172 g/mol. The minimum atomic E-state index is -0.316. The molecule has 0 amide bonds. The molecule has 70 valence electrons. The Hall–Kier alpha value is -0.0551. The fourth-order valence-electron chi connectivity index (χ4n) is 1.00. The first-order valence-corrected chi connectivity index (χ1v) is 4.07. The van der Waals surface area contributed by atoms with E-state index in [1.807, 2.05) is 6.92 Å². The molecule has 0 saturated carbocycles. The number of methoxy groups -OCH3 is 2. The summed E-state index contributed by atoms with van der Waals surface area (Å²) in [6.45, 7) is 2.02. The van der Waals surface area contributed by atoms with Gasteiger partial charge in [-0.15, -0.1) is 0 Å². The lowest BCUT2D eigenvalue weighted by Crippen LogP contribution is -2.29. The van der Waals surface area contributed by atoms with Gasteiger partial charge >= 0.3 is 0 Å². The Morgan fingerprint density at radius 1 is 1.33 bits per heavy atom. The van der Waals surface area contributed by atoms with Crippen molar-refractivity contribution in [3.05, 3.63) is 0 Å². The first-order chi connectivity index (χ1) is 5.65. The molecule has 0 saturated heterocycles. The van der Waals surface area contributed by atoms with Crippen molar-refractivity contribution in [1.82, 2.24) is 0 Å². The van der Waals surface area contributed by atoms with Crippen molar-refractivity contribution in [2.24, 2.45) is 5.92 Å². The van der Waals surface area contributed by atoms with E-state index in [1.54, 1.807) is 14.2 Å². The van der Waals surface area contributed by atoms with Crippen LogP contribution in [0.5, 0.6) is 0 Å². The second-order valence-electron chi connectivity index (χ2n) is 2.94. The second-order valence-corrected chi connectivity index (χ2v) is 2.94. The highest BCUT2D eigenvalue weighted by Crippen LogP contribution is 2.12. The van der Waals surface area contributed by atoms with Crippen LogP contribution in [-0.2, 0) is 9.47 Å². The minimum Gasteiger partial charge on any atom is -0.396 e. The van der Waals surface area contributed by atoms with E-state index in [9.17, 15) is 0 Å². The van der Waals surface area contributed by atoms with E-state index >= 15 is 0 Å². The number of hydrogen-bond acceptors (Lipinski definition) is 3. The molecule has 0 aromatic rings. The average Bonchev–Trinajstić information content (AvgIpc) is 2.12. The maximum absolute atomic E-state index is 8.86. The molecule has 1 unspecified atom stereocenters. The van der Waals surface area contributed by atoms with Crippen LogP contribution in [0.2, 0.25) is 0 Å². The van der Waals surface area contributed by atoms with Gasteiger partial charge in [0.15, 0.2) is 0 Å². The summed E-state index contributed by atoms with van der Waals surface area (Å²) in [5.41, 5.74) is 0. The third-order valence-corrected chi connectivity index (χ3v) is 1.99. The van der Waals surface area contributed by atoms with Crippen LogP contribution in [0.1, 0.15) is 13.3 Å². The van der Waals surface area contributed by atoms with Crippen molar-refractivity contribution in [2.75, 3.05) is 20.8 Å². The van der Waals surface area contributed by atoms with E-state index in [0.29, 0.717) is 6.42 Å². The third-order valence-electron chi connectivity index (χ3n) is 1.99. The van der Waals surface area contributed by atoms with Gasteiger partial charge in [-0.3, -0.25) is 0 Å². The Morgan fingerprint density at radius 3 is 2.25 bits per heavy atom. The zero-order valence-electron chi connectivity index (χ0n) is 7.99. The van der Waals surface area contributed by atoms with E-state index in [0.717, 1.165) is 0 Å². The highest BCUT2D eigenvalue weighted by Gasteiger charge is 2.18. The molecule has 1 N–H and O–H groups in total. The Labute approximate surface area is 75.5 Å². The fraction of sp³-hybridized carbons (Fsp3) is 1.00. The third kappa shape index (κ3) is 4.09. The predicted octanol–water partition coefficient (Wildman–Crippen LogP) is 0.161. The lowest BCUT2D eigenvalue weighted by Gasteiger charge is -2.23. The van der Waals surface area contributed by atoms with Crippen LogP contribution < -0.4 is 0 Å². The topological polar surface area (TPSA) is 38.7 Å². The number of aliphatic hydroxyl groups is 1. The number of hydrogen-bond donors (Lipinski definition) is 1. The maximum atomic E-state index is 8.86. The van der Waals surface area contributed by atoms with E-state index in [2.05, 4.69) is 0 Å². The van der Waals surface area contributed by atoms with Crippen LogP contribution in [0.4, 0.5) is 0 Å². The molecule has 0 aliphatic heterocycles. The quantitative estimate of drug-likeness (QED) is 0.580. The summed E-state index contributed by atoms with van der Waals surface area (Å²) in [6, 6.07) is -0.316. The van der Waals surface area contributed by atoms with Crippen molar-refractivity contribution < 1.29 is 14.6 Å². The minimum absolute atomic E-state index is 0.0371. The summed E-state index contributed by atoms with van der Waals surface area (Å²) in [7, 11) is 8.72. The zero-order chi connectivity index (χ0) is 9.56. The van der Waals surface area contributed by atoms with Crippen LogP contribution in [0, 0.1) is 5.92 Å². The van der Waals surface area contributed by atoms with E-state index in [-0.39, 0.29) is 24.6 Å². The SMILES string of the molecule is [B][C@@H](C[C@H](OC)C(C)CO)OC. The number of rotatable bonds is 6. The lowest BCUT2D eigenvalue weighted by atomic mass is 9.89. The molecular formula is C8H17BO3. The van der Waals surface area contributed by atoms with Crippen LogP contribution in [0.25, 0.3) is 0 Å². The highest BCUT2D eigenvalue weighted by atomic mass is 16.5. The van der Waals surface area contributed by atoms with Gasteiger partial charge in [0, 0.05) is 32.7 Å². The Morgan fingerprint density at radius 2 is 1.92 bits per heavy atom. The van der Waals surface area contributed by atoms with Gasteiger partial charge in [0.25, 0.3) is 0 Å². The molecule has 0 aliphatic carbocycles. The Balaban J connectivity index is 3.81. The molecule has 0 aliphatic rings. The second kappa shape index (κ2) is 6.46. The molecular weight excluding hydrogens is 155 g/mol. The zero-order valence-corrected chi connectivity index (χ0v) is 7.99. The fourth-order valence-corrected chi connectivity index (χ4v) is 1.00. The molecule has 0 bridgehead atoms. The molecule has 0 rings (SSSR count). The molecule has 0 spiro atoms. The predicted molar refractivity (Wildman–Crippen MR) is 48.2 cm³/mol. The molecule has 3 nitrogen and oxygen atoms in total. The van der Waals surface area contributed by atoms with Gasteiger partial charge in [-0.2, -0.15) is 0 Å². The van der Waals surface area contributed by atoms with Gasteiger partial charge in [-0.05, 0) is 6.42 Å². The molecule has 4 heteroatoms. The smallest absolute Gasteiger partial charge is 0.109 e. The molecule has 12 heavy (non-hydrogen) atoms. The summed E-state index contributed by atoms with van der Waals surface area (Å²) in [4.78, 5) is 0. The van der Waals surface area contributed by atoms with Gasteiger partial charge in [0.2, 0.25) is 0 Å². The maximum Gasteiger partial charge on any atom is 0.109 e. The van der Waals surface area contributed by atoms with Crippen molar-refractivity contribution in [1.29, 1.82) is 0 Å². The van der Waals surface area contributed by atoms with Gasteiger partial charge < -0.3 is 14.6 Å². The molecule has 0 aromatic carbocycles. The molecule has 0 aromatic heterocycles. The van der Waals surface area contributed by atoms with Crippen LogP contribution >= 0.6 is 0 Å². The van der Waals surface area contributed by atoms with E-state index in [4.69, 9.17) is 22.4 Å². The van der Waals surface area contributed by atoms with Crippen molar-refractivity contribution >= 4 is 7.85 Å². The van der Waals surface area contributed by atoms with Gasteiger partial charge in [0.05, 0.1) is 6.10 Å². The lowest BCUT2D eigenvalue weighted by molar-refractivity contribution is 0.00402. The standard InChI is InChI=1S/C8H17BO3/c1-6(5-10)7(11-2)4-8(9)12-3/h6-8,10H,4-5H2,1-3H3/t6?,7-,8+/m0/s1. The number of aliphatic hydroxyl groups excluding tert-OH is 1. The summed E-state index contributed by atoms with van der Waals surface area (Å²) >= 11 is 0. The normalized spacial score (nSPS) is 18.7. The summed E-state index contributed by atoms with van der Waals surface area (Å²) in [6.07, 6.45) is 0.569. The van der Waals surface area contributed by atoms with Crippen LogP contribution in [0.3, 0.4) is 0 Å². The summed E-state index contributed by atoms with van der Waals surface area (Å²) < 4.78 is 10.0. The van der Waals surface area contributed by atoms with Crippen LogP contribution in [0.15, 0.2) is 0 Å². The van der Waals surface area contributed by atoms with Crippen molar-refractivity contribution in [3.63, 3.8) is 0 Å². The molecule has 0 fully saturated rings. The van der Waals surface area contributed by atoms with Crippen molar-refractivity contribution in [2.45, 2.75) is 25.5 Å². The van der Waals surface area contributed by atoms with Gasteiger partial charge in [-0.1, -0.05) is 6.92 Å². The Kier molecular flexibility index (Phi) is 6.43. The number of ether oxygens (including phenoxy) is 2. The van der Waals surface area contributed by atoms with Gasteiger partial charge in [-0.25, -0.2) is 0 Å². The monoisotopic (exact) mass is 172 g/mol. The summed E-state index contributed by atoms with van der Waals surface area (Å²) in [5.74, 6) is 0.0937. The summed E-state index contributed by atoms with van der Waals surface area (Å²) in [5, 5.41) is 8.86. The molecule has 0 heterocycles. The Bertz CT molecular complexity index is 110. The van der Waals surface area contributed by atoms with E-state index in [1.165, 1.54) is 0 Å². The first kappa shape index (κ1) is 11.9. The van der Waals surface area contributed by atoms with E-state index < -0.39 is 0 Å². The molecule has 3 atom stereocenters. The molecule has 2 radical (unpaired) electrons.